The molecule has 6 nitrogen and oxygen atoms in total. The summed E-state index contributed by atoms with van der Waals surface area (Å²) in [6.45, 7) is 0.961. The van der Waals surface area contributed by atoms with E-state index in [1.165, 1.54) is 16.4 Å². The molecule has 0 radical (unpaired) electrons. The molecule has 3 N–H and O–H groups in total. The number of nitrogens with two attached hydrogens (primary N) is 1. The zero-order valence-electron chi connectivity index (χ0n) is 10.6. The highest BCUT2D eigenvalue weighted by molar-refractivity contribution is 7.89. The molecule has 1 aromatic rings. The van der Waals surface area contributed by atoms with Crippen LogP contribution in [0.4, 0.5) is 5.69 Å². The number of rotatable bonds is 7. The molecule has 0 heterocycles. The summed E-state index contributed by atoms with van der Waals surface area (Å²) in [6.07, 6.45) is 0.661. The van der Waals surface area contributed by atoms with Gasteiger partial charge in [-0.05, 0) is 30.7 Å². The summed E-state index contributed by atoms with van der Waals surface area (Å²) < 4.78 is 30.5. The molecule has 7 heteroatoms. The van der Waals surface area contributed by atoms with Gasteiger partial charge in [0, 0.05) is 33.0 Å². The molecule has 0 saturated heterocycles. The Morgan fingerprint density at radius 2 is 1.94 bits per heavy atom. The third-order valence-electron chi connectivity index (χ3n) is 2.55. The molecule has 0 bridgehead atoms. The molecule has 0 spiro atoms. The summed E-state index contributed by atoms with van der Waals surface area (Å²) in [4.78, 5) is 0.251. The summed E-state index contributed by atoms with van der Waals surface area (Å²) >= 11 is 0. The first-order valence-corrected chi connectivity index (χ1v) is 6.98. The van der Waals surface area contributed by atoms with Crippen LogP contribution in [0.5, 0.6) is 0 Å². The van der Waals surface area contributed by atoms with Crippen LogP contribution in [0.1, 0.15) is 6.42 Å². The van der Waals surface area contributed by atoms with Crippen LogP contribution >= 0.6 is 0 Å². The molecule has 0 fully saturated rings. The van der Waals surface area contributed by atoms with Gasteiger partial charge in [0.05, 0.1) is 4.90 Å². The van der Waals surface area contributed by atoms with E-state index in [-0.39, 0.29) is 4.90 Å². The Balaban J connectivity index is 2.77. The largest absolute Gasteiger partial charge is 0.385 e. The molecular formula is C11H19N3O3S. The number of benzene rings is 1. The van der Waals surface area contributed by atoms with Crippen molar-refractivity contribution in [1.29, 1.82) is 0 Å². The summed E-state index contributed by atoms with van der Waals surface area (Å²) in [5, 5.41) is 0. The average Bonchev–Trinajstić information content (AvgIpc) is 2.39. The van der Waals surface area contributed by atoms with Gasteiger partial charge in [-0.1, -0.05) is 0 Å². The van der Waals surface area contributed by atoms with Crippen molar-refractivity contribution in [2.45, 2.75) is 11.3 Å². The zero-order chi connectivity index (χ0) is 13.6. The first-order chi connectivity index (χ1) is 8.52. The second-order valence-electron chi connectivity index (χ2n) is 3.84. The number of nitrogen functional groups attached to an aromatic ring is 1. The number of nitrogens with zero attached hydrogens (tertiary/aromatic N) is 1. The number of nitrogens with one attached hydrogen (secondary N) is 1. The highest BCUT2D eigenvalue weighted by Gasteiger charge is 2.19. The minimum Gasteiger partial charge on any atom is -0.385 e. The fourth-order valence-corrected chi connectivity index (χ4v) is 2.66. The van der Waals surface area contributed by atoms with Crippen molar-refractivity contribution in [3.8, 4) is 0 Å². The van der Waals surface area contributed by atoms with Gasteiger partial charge < -0.3 is 10.2 Å². The standard InChI is InChI=1S/C11H19N3O3S/c1-14(8-3-9-17-2)18(15,16)11-6-4-10(13-12)5-7-11/h4-7,13H,3,8-9,12H2,1-2H3. The van der Waals surface area contributed by atoms with Crippen LogP contribution in [-0.4, -0.2) is 40.0 Å². The molecule has 0 saturated carbocycles. The van der Waals surface area contributed by atoms with E-state index in [0.717, 1.165) is 0 Å². The zero-order valence-corrected chi connectivity index (χ0v) is 11.4. The molecule has 0 atom stereocenters. The lowest BCUT2D eigenvalue weighted by atomic mass is 10.3. The Morgan fingerprint density at radius 1 is 1.33 bits per heavy atom. The minimum absolute atomic E-state index is 0.251. The first kappa shape index (κ1) is 14.9. The molecule has 1 rings (SSSR count). The third-order valence-corrected chi connectivity index (χ3v) is 4.42. The lowest BCUT2D eigenvalue weighted by molar-refractivity contribution is 0.189. The number of ether oxygens (including phenoxy) is 1. The van der Waals surface area contributed by atoms with E-state index in [2.05, 4.69) is 5.43 Å². The maximum absolute atomic E-state index is 12.2. The molecule has 0 aliphatic rings. The molecule has 0 aliphatic heterocycles. The number of methoxy groups -OCH3 is 1. The van der Waals surface area contributed by atoms with Crippen LogP contribution < -0.4 is 11.3 Å². The number of hydrazine groups is 1. The number of hydrogen-bond acceptors (Lipinski definition) is 5. The maximum Gasteiger partial charge on any atom is 0.242 e. The van der Waals surface area contributed by atoms with Crippen LogP contribution in [0.15, 0.2) is 29.2 Å². The second kappa shape index (κ2) is 6.69. The van der Waals surface area contributed by atoms with Gasteiger partial charge in [0.2, 0.25) is 10.0 Å². The average molecular weight is 273 g/mol. The van der Waals surface area contributed by atoms with E-state index in [1.807, 2.05) is 0 Å². The molecule has 0 aliphatic carbocycles. The van der Waals surface area contributed by atoms with E-state index in [0.29, 0.717) is 25.3 Å². The third kappa shape index (κ3) is 3.67. The maximum atomic E-state index is 12.2. The van der Waals surface area contributed by atoms with Crippen molar-refractivity contribution < 1.29 is 13.2 Å². The van der Waals surface area contributed by atoms with E-state index < -0.39 is 10.0 Å². The van der Waals surface area contributed by atoms with Crippen molar-refractivity contribution in [2.75, 3.05) is 32.7 Å². The highest BCUT2D eigenvalue weighted by atomic mass is 32.2. The molecule has 0 unspecified atom stereocenters. The van der Waals surface area contributed by atoms with Gasteiger partial charge in [-0.25, -0.2) is 12.7 Å². The summed E-state index contributed by atoms with van der Waals surface area (Å²) in [5.74, 6) is 5.23. The normalized spacial score (nSPS) is 11.8. The van der Waals surface area contributed by atoms with Crippen LogP contribution in [-0.2, 0) is 14.8 Å². The van der Waals surface area contributed by atoms with Gasteiger partial charge >= 0.3 is 0 Å². The van der Waals surface area contributed by atoms with Crippen molar-refractivity contribution in [3.05, 3.63) is 24.3 Å². The Bertz CT molecular complexity index is 459. The number of hydrogen-bond donors (Lipinski definition) is 2. The monoisotopic (exact) mass is 273 g/mol. The van der Waals surface area contributed by atoms with Crippen molar-refractivity contribution in [1.82, 2.24) is 4.31 Å². The van der Waals surface area contributed by atoms with Crippen LogP contribution in [0.25, 0.3) is 0 Å². The van der Waals surface area contributed by atoms with E-state index in [4.69, 9.17) is 10.6 Å². The van der Waals surface area contributed by atoms with Gasteiger partial charge in [0.25, 0.3) is 0 Å². The van der Waals surface area contributed by atoms with Gasteiger partial charge in [0.15, 0.2) is 0 Å². The molecule has 0 amide bonds. The van der Waals surface area contributed by atoms with E-state index >= 15 is 0 Å². The number of anilines is 1. The number of sulfonamides is 1. The second-order valence-corrected chi connectivity index (χ2v) is 5.89. The minimum atomic E-state index is -3.44. The summed E-state index contributed by atoms with van der Waals surface area (Å²) in [7, 11) is -0.289. The fourth-order valence-electron chi connectivity index (χ4n) is 1.45. The fraction of sp³-hybridized carbons (Fsp3) is 0.455. The highest BCUT2D eigenvalue weighted by Crippen LogP contribution is 2.17. The van der Waals surface area contributed by atoms with E-state index in [1.54, 1.807) is 26.3 Å². The summed E-state index contributed by atoms with van der Waals surface area (Å²) in [5.41, 5.74) is 3.11. The quantitative estimate of drug-likeness (QED) is 0.432. The Hall–Kier alpha value is -1.15. The molecule has 0 aromatic heterocycles. The van der Waals surface area contributed by atoms with Gasteiger partial charge in [-0.2, -0.15) is 0 Å². The van der Waals surface area contributed by atoms with E-state index in [9.17, 15) is 8.42 Å². The van der Waals surface area contributed by atoms with Crippen molar-refractivity contribution >= 4 is 15.7 Å². The van der Waals surface area contributed by atoms with Gasteiger partial charge in [0.1, 0.15) is 0 Å². The van der Waals surface area contributed by atoms with Gasteiger partial charge in [-0.15, -0.1) is 0 Å². The lowest BCUT2D eigenvalue weighted by Gasteiger charge is -2.17. The Morgan fingerprint density at radius 3 is 2.44 bits per heavy atom. The predicted molar refractivity (Wildman–Crippen MR) is 70.6 cm³/mol. The Labute approximate surface area is 108 Å². The van der Waals surface area contributed by atoms with Crippen molar-refractivity contribution in [2.24, 2.45) is 5.84 Å². The SMILES string of the molecule is COCCCN(C)S(=O)(=O)c1ccc(NN)cc1. The Kier molecular flexibility index (Phi) is 5.54. The smallest absolute Gasteiger partial charge is 0.242 e. The molecular weight excluding hydrogens is 254 g/mol. The van der Waals surface area contributed by atoms with Crippen LogP contribution in [0, 0.1) is 0 Å². The lowest BCUT2D eigenvalue weighted by Crippen LogP contribution is -2.28. The van der Waals surface area contributed by atoms with Gasteiger partial charge in [-0.3, -0.25) is 5.84 Å². The first-order valence-electron chi connectivity index (χ1n) is 5.54. The predicted octanol–water partition coefficient (Wildman–Crippen LogP) is 0.629. The molecule has 18 heavy (non-hydrogen) atoms. The van der Waals surface area contributed by atoms with Crippen LogP contribution in [0.2, 0.25) is 0 Å². The summed E-state index contributed by atoms with van der Waals surface area (Å²) in [6, 6.07) is 6.29. The molecule has 102 valence electrons. The molecule has 1 aromatic carbocycles. The van der Waals surface area contributed by atoms with Crippen LogP contribution in [0.3, 0.4) is 0 Å². The topological polar surface area (TPSA) is 84.7 Å². The van der Waals surface area contributed by atoms with Crippen molar-refractivity contribution in [3.63, 3.8) is 0 Å².